The summed E-state index contributed by atoms with van der Waals surface area (Å²) >= 11 is 5.88. The molecule has 2 aromatic rings. The van der Waals surface area contributed by atoms with E-state index >= 15 is 0 Å². The second-order valence-corrected chi connectivity index (χ2v) is 6.05. The monoisotopic (exact) mass is 364 g/mol. The minimum Gasteiger partial charge on any atom is -0.458 e. The molecular formula is C18H21ClN2O4. The molecule has 0 saturated carbocycles. The summed E-state index contributed by atoms with van der Waals surface area (Å²) in [5.41, 5.74) is 0.555. The first-order chi connectivity index (χ1) is 11.9. The fraction of sp³-hybridized carbons (Fsp3) is 0.389. The lowest BCUT2D eigenvalue weighted by atomic mass is 10.3. The van der Waals surface area contributed by atoms with Crippen molar-refractivity contribution in [3.8, 4) is 5.69 Å². The van der Waals surface area contributed by atoms with Crippen molar-refractivity contribution in [1.82, 2.24) is 9.78 Å². The number of nitrogens with zero attached hydrogens (tertiary/aromatic N) is 2. The van der Waals surface area contributed by atoms with Crippen LogP contribution in [0.15, 0.2) is 35.1 Å². The van der Waals surface area contributed by atoms with Gasteiger partial charge in [0.15, 0.2) is 0 Å². The van der Waals surface area contributed by atoms with Gasteiger partial charge in [-0.3, -0.25) is 4.79 Å². The zero-order chi connectivity index (χ0) is 18.4. The number of carbonyl (C=O) groups excluding carboxylic acids is 1. The summed E-state index contributed by atoms with van der Waals surface area (Å²) in [7, 11) is 0. The van der Waals surface area contributed by atoms with Gasteiger partial charge in [0, 0.05) is 16.8 Å². The molecule has 0 radical (unpaired) electrons. The molecule has 0 saturated heterocycles. The number of aryl methyl sites for hydroxylation is 1. The molecule has 134 valence electrons. The van der Waals surface area contributed by atoms with E-state index in [1.807, 2.05) is 13.8 Å². The van der Waals surface area contributed by atoms with Gasteiger partial charge in [0.05, 0.1) is 18.4 Å². The Morgan fingerprint density at radius 3 is 2.60 bits per heavy atom. The normalized spacial score (nSPS) is 12.0. The lowest BCUT2D eigenvalue weighted by Crippen LogP contribution is -2.25. The average molecular weight is 365 g/mol. The Balaban J connectivity index is 2.15. The molecule has 7 heteroatoms. The predicted molar refractivity (Wildman–Crippen MR) is 95.6 cm³/mol. The van der Waals surface area contributed by atoms with E-state index in [4.69, 9.17) is 21.1 Å². The molecule has 25 heavy (non-hydrogen) atoms. The fourth-order valence-corrected chi connectivity index (χ4v) is 2.23. The molecule has 1 heterocycles. The van der Waals surface area contributed by atoms with Gasteiger partial charge in [-0.05, 0) is 44.5 Å². The summed E-state index contributed by atoms with van der Waals surface area (Å²) in [4.78, 5) is 24.2. The third kappa shape index (κ3) is 5.14. The number of hydrogen-bond donors (Lipinski definition) is 0. The van der Waals surface area contributed by atoms with Crippen LogP contribution in [0, 0.1) is 6.92 Å². The molecule has 0 aliphatic heterocycles. The highest BCUT2D eigenvalue weighted by Crippen LogP contribution is 2.14. The van der Waals surface area contributed by atoms with Crippen molar-refractivity contribution in [3.63, 3.8) is 0 Å². The summed E-state index contributed by atoms with van der Waals surface area (Å²) < 4.78 is 12.0. The maximum Gasteiger partial charge on any atom is 0.363 e. The van der Waals surface area contributed by atoms with E-state index in [-0.39, 0.29) is 25.0 Å². The van der Waals surface area contributed by atoms with Gasteiger partial charge in [-0.25, -0.2) is 9.48 Å². The first-order valence-corrected chi connectivity index (χ1v) is 8.45. The molecule has 6 nitrogen and oxygen atoms in total. The lowest BCUT2D eigenvalue weighted by molar-refractivity contribution is 0.0115. The maximum absolute atomic E-state index is 12.2. The topological polar surface area (TPSA) is 70.4 Å². The summed E-state index contributed by atoms with van der Waals surface area (Å²) in [6.45, 7) is 6.02. The Labute approximate surface area is 151 Å². The Bertz CT molecular complexity index is 787. The van der Waals surface area contributed by atoms with E-state index in [2.05, 4.69) is 5.10 Å². The second kappa shape index (κ2) is 8.78. The minimum atomic E-state index is -0.763. The number of aromatic nitrogens is 2. The van der Waals surface area contributed by atoms with Crippen molar-refractivity contribution in [2.75, 3.05) is 13.2 Å². The van der Waals surface area contributed by atoms with Gasteiger partial charge in [0.1, 0.15) is 6.61 Å². The zero-order valence-electron chi connectivity index (χ0n) is 14.5. The van der Waals surface area contributed by atoms with E-state index < -0.39 is 11.4 Å². The summed E-state index contributed by atoms with van der Waals surface area (Å²) in [6, 6.07) is 8.28. The van der Waals surface area contributed by atoms with Crippen LogP contribution in [0.2, 0.25) is 5.02 Å². The van der Waals surface area contributed by atoms with Crippen molar-refractivity contribution in [1.29, 1.82) is 0 Å². The summed E-state index contributed by atoms with van der Waals surface area (Å²) in [5, 5.41) is 4.73. The van der Waals surface area contributed by atoms with Crippen molar-refractivity contribution >= 4 is 17.6 Å². The number of carbonyl (C=O) groups is 1. The minimum absolute atomic E-state index is 0.0686. The van der Waals surface area contributed by atoms with Gasteiger partial charge in [0.2, 0.25) is 11.1 Å². The molecular weight excluding hydrogens is 344 g/mol. The summed E-state index contributed by atoms with van der Waals surface area (Å²) in [6.07, 6.45) is 0.970. The van der Waals surface area contributed by atoms with Crippen molar-refractivity contribution < 1.29 is 14.3 Å². The van der Waals surface area contributed by atoms with Crippen LogP contribution < -0.4 is 5.43 Å². The zero-order valence-corrected chi connectivity index (χ0v) is 15.2. The molecule has 0 aliphatic rings. The number of benzene rings is 1. The van der Waals surface area contributed by atoms with E-state index in [1.165, 1.54) is 10.7 Å². The van der Waals surface area contributed by atoms with Crippen LogP contribution in [0.1, 0.15) is 36.5 Å². The van der Waals surface area contributed by atoms with Crippen LogP contribution in [0.5, 0.6) is 0 Å². The van der Waals surface area contributed by atoms with E-state index in [1.54, 1.807) is 31.2 Å². The number of hydrogen-bond acceptors (Lipinski definition) is 5. The number of ether oxygens (including phenoxy) is 2. The molecule has 1 aromatic carbocycles. The standard InChI is InChI=1S/C18H21ClN2O4/c1-4-13(3)24-9-10-25-18(23)17-16(22)11-12(2)21(20-17)15-7-5-14(19)6-8-15/h5-8,11,13H,4,9-10H2,1-3H3. The first kappa shape index (κ1) is 19.1. The Hall–Kier alpha value is -2.18. The van der Waals surface area contributed by atoms with Crippen LogP contribution in [-0.4, -0.2) is 35.1 Å². The molecule has 0 fully saturated rings. The molecule has 1 unspecified atom stereocenters. The van der Waals surface area contributed by atoms with Crippen LogP contribution in [0.4, 0.5) is 0 Å². The number of esters is 1. The molecule has 0 aliphatic carbocycles. The maximum atomic E-state index is 12.2. The molecule has 2 rings (SSSR count). The van der Waals surface area contributed by atoms with Gasteiger partial charge in [-0.1, -0.05) is 18.5 Å². The largest absolute Gasteiger partial charge is 0.458 e. The van der Waals surface area contributed by atoms with E-state index in [9.17, 15) is 9.59 Å². The van der Waals surface area contributed by atoms with Crippen molar-refractivity contribution in [3.05, 3.63) is 57.0 Å². The van der Waals surface area contributed by atoms with Crippen LogP contribution in [0.25, 0.3) is 5.69 Å². The highest BCUT2D eigenvalue weighted by molar-refractivity contribution is 6.30. The van der Waals surface area contributed by atoms with Crippen molar-refractivity contribution in [2.24, 2.45) is 0 Å². The van der Waals surface area contributed by atoms with Gasteiger partial charge in [-0.15, -0.1) is 0 Å². The smallest absolute Gasteiger partial charge is 0.363 e. The van der Waals surface area contributed by atoms with Crippen LogP contribution in [-0.2, 0) is 9.47 Å². The number of halogens is 1. The van der Waals surface area contributed by atoms with E-state index in [0.717, 1.165) is 6.42 Å². The Morgan fingerprint density at radius 1 is 1.28 bits per heavy atom. The molecule has 1 atom stereocenters. The lowest BCUT2D eigenvalue weighted by Gasteiger charge is -2.12. The first-order valence-electron chi connectivity index (χ1n) is 8.08. The average Bonchev–Trinajstić information content (AvgIpc) is 2.59. The van der Waals surface area contributed by atoms with Gasteiger partial charge in [-0.2, -0.15) is 5.10 Å². The van der Waals surface area contributed by atoms with Gasteiger partial charge in [0.25, 0.3) is 0 Å². The Kier molecular flexibility index (Phi) is 6.73. The highest BCUT2D eigenvalue weighted by atomic mass is 35.5. The second-order valence-electron chi connectivity index (χ2n) is 5.61. The Morgan fingerprint density at radius 2 is 1.96 bits per heavy atom. The molecule has 0 spiro atoms. The molecule has 0 amide bonds. The van der Waals surface area contributed by atoms with Gasteiger partial charge >= 0.3 is 5.97 Å². The molecule has 0 N–H and O–H groups in total. The SMILES string of the molecule is CCC(C)OCCOC(=O)c1nn(-c2ccc(Cl)cc2)c(C)cc1=O. The summed E-state index contributed by atoms with van der Waals surface area (Å²) in [5.74, 6) is -0.763. The van der Waals surface area contributed by atoms with Crippen LogP contribution >= 0.6 is 11.6 Å². The molecule has 0 bridgehead atoms. The third-order valence-corrected chi connectivity index (χ3v) is 3.92. The van der Waals surface area contributed by atoms with Crippen molar-refractivity contribution in [2.45, 2.75) is 33.3 Å². The highest BCUT2D eigenvalue weighted by Gasteiger charge is 2.17. The predicted octanol–water partition coefficient (Wildman–Crippen LogP) is 3.17. The third-order valence-electron chi connectivity index (χ3n) is 3.67. The quantitative estimate of drug-likeness (QED) is 0.557. The van der Waals surface area contributed by atoms with Crippen LogP contribution in [0.3, 0.4) is 0 Å². The molecule has 1 aromatic heterocycles. The fourth-order valence-electron chi connectivity index (χ4n) is 2.10. The van der Waals surface area contributed by atoms with E-state index in [0.29, 0.717) is 16.4 Å². The van der Waals surface area contributed by atoms with Gasteiger partial charge < -0.3 is 9.47 Å². The number of rotatable bonds is 7.